The summed E-state index contributed by atoms with van der Waals surface area (Å²) < 4.78 is 55.7. The number of anilines is 2. The van der Waals surface area contributed by atoms with Gasteiger partial charge in [0.1, 0.15) is 28.8 Å². The molecule has 0 spiro atoms. The molecule has 0 fully saturated rings. The van der Waals surface area contributed by atoms with Crippen LogP contribution in [0.3, 0.4) is 0 Å². The fourth-order valence-corrected chi connectivity index (χ4v) is 4.02. The monoisotopic (exact) mass is 462 g/mol. The van der Waals surface area contributed by atoms with E-state index in [0.717, 1.165) is 12.1 Å². The van der Waals surface area contributed by atoms with Crippen molar-refractivity contribution in [3.05, 3.63) is 59.6 Å². The van der Waals surface area contributed by atoms with Gasteiger partial charge in [-0.15, -0.1) is 0 Å². The summed E-state index contributed by atoms with van der Waals surface area (Å²) in [5.41, 5.74) is 4.82. The highest BCUT2D eigenvalue weighted by Gasteiger charge is 2.41. The van der Waals surface area contributed by atoms with E-state index in [-0.39, 0.29) is 29.5 Å². The third-order valence-corrected chi connectivity index (χ3v) is 5.65. The van der Waals surface area contributed by atoms with E-state index in [1.807, 2.05) is 0 Å². The van der Waals surface area contributed by atoms with E-state index in [1.165, 1.54) is 24.3 Å². The van der Waals surface area contributed by atoms with Gasteiger partial charge < -0.3 is 20.5 Å². The molecule has 0 atom stereocenters. The number of imidazole rings is 1. The Hall–Kier alpha value is -3.47. The van der Waals surface area contributed by atoms with Crippen LogP contribution < -0.4 is 11.1 Å². The average Bonchev–Trinajstić information content (AvgIpc) is 3.15. The van der Waals surface area contributed by atoms with Crippen molar-refractivity contribution < 1.29 is 22.4 Å². The summed E-state index contributed by atoms with van der Waals surface area (Å²) in [6, 6.07) is 7.52. The number of fused-ring (bicyclic) bond motifs is 1. The van der Waals surface area contributed by atoms with Gasteiger partial charge >= 0.3 is 0 Å². The molecular formula is C22H22F4N6O. The van der Waals surface area contributed by atoms with E-state index in [0.29, 0.717) is 24.7 Å². The van der Waals surface area contributed by atoms with E-state index < -0.39 is 29.3 Å². The fraction of sp³-hybridized carbons (Fsp3) is 0.318. The number of halogens is 4. The van der Waals surface area contributed by atoms with Crippen LogP contribution in [-0.4, -0.2) is 38.4 Å². The van der Waals surface area contributed by atoms with Crippen LogP contribution >= 0.6 is 0 Å². The molecule has 1 amide bonds. The average molecular weight is 462 g/mol. The molecule has 7 nitrogen and oxygen atoms in total. The summed E-state index contributed by atoms with van der Waals surface area (Å²) in [4.78, 5) is 22.6. The topological polar surface area (TPSA) is 89.1 Å². The Bertz CT molecular complexity index is 1210. The Labute approximate surface area is 187 Å². The molecule has 2 aromatic heterocycles. The van der Waals surface area contributed by atoms with Crippen molar-refractivity contribution in [3.8, 4) is 11.3 Å². The number of nitrogens with zero attached hydrogens (tertiary/aromatic N) is 4. The second-order valence-electron chi connectivity index (χ2n) is 8.10. The summed E-state index contributed by atoms with van der Waals surface area (Å²) in [5.74, 6) is -1.35. The summed E-state index contributed by atoms with van der Waals surface area (Å²) in [7, 11) is 0. The number of alkyl halides is 2. The summed E-state index contributed by atoms with van der Waals surface area (Å²) in [6.45, 7) is 4.07. The highest BCUT2D eigenvalue weighted by molar-refractivity contribution is 5.80. The summed E-state index contributed by atoms with van der Waals surface area (Å²) in [5, 5.41) is 3.02. The Morgan fingerprint density at radius 2 is 1.91 bits per heavy atom. The highest BCUT2D eigenvalue weighted by Crippen LogP contribution is 2.39. The lowest BCUT2D eigenvalue weighted by Gasteiger charge is -2.42. The van der Waals surface area contributed by atoms with Gasteiger partial charge in [0.25, 0.3) is 6.43 Å². The van der Waals surface area contributed by atoms with Crippen molar-refractivity contribution in [2.45, 2.75) is 32.4 Å². The number of hydrogen-bond donors (Lipinski definition) is 2. The Kier molecular flexibility index (Phi) is 5.83. The number of aromatic nitrogens is 3. The van der Waals surface area contributed by atoms with E-state index in [2.05, 4.69) is 15.3 Å². The molecule has 174 valence electrons. The van der Waals surface area contributed by atoms with Gasteiger partial charge in [0.05, 0.1) is 12.1 Å². The molecule has 3 heterocycles. The number of hydrogen-bond acceptors (Lipinski definition) is 5. The first-order valence-electron chi connectivity index (χ1n) is 10.2. The zero-order valence-corrected chi connectivity index (χ0v) is 17.9. The number of carbonyl (C=O) groups is 1. The third kappa shape index (κ3) is 4.04. The number of amides is 1. The molecule has 0 saturated heterocycles. The summed E-state index contributed by atoms with van der Waals surface area (Å²) in [6.07, 6.45) is -2.76. The molecule has 4 rings (SSSR count). The number of nitrogens with two attached hydrogens (primary N) is 1. The molecule has 0 unspecified atom stereocenters. The Morgan fingerprint density at radius 3 is 2.58 bits per heavy atom. The van der Waals surface area contributed by atoms with Crippen molar-refractivity contribution in [3.63, 3.8) is 0 Å². The highest BCUT2D eigenvalue weighted by atomic mass is 19.3. The molecular weight excluding hydrogens is 440 g/mol. The van der Waals surface area contributed by atoms with Crippen LogP contribution in [-0.2, 0) is 16.9 Å². The number of carbonyl (C=O) groups excluding carboxylic acids is 1. The molecule has 3 aromatic rings. The van der Waals surface area contributed by atoms with Gasteiger partial charge in [-0.2, -0.15) is 0 Å². The molecule has 0 saturated carbocycles. The zero-order valence-electron chi connectivity index (χ0n) is 17.9. The van der Waals surface area contributed by atoms with E-state index in [1.54, 1.807) is 23.3 Å². The minimum absolute atomic E-state index is 0.137. The fourth-order valence-electron chi connectivity index (χ4n) is 4.02. The molecule has 1 aromatic carbocycles. The lowest BCUT2D eigenvalue weighted by Crippen LogP contribution is -2.53. The van der Waals surface area contributed by atoms with Gasteiger partial charge in [-0.1, -0.05) is 6.07 Å². The predicted octanol–water partition coefficient (Wildman–Crippen LogP) is 3.94. The molecule has 33 heavy (non-hydrogen) atoms. The predicted molar refractivity (Wildman–Crippen MR) is 114 cm³/mol. The largest absolute Gasteiger partial charge is 0.327 e. The molecule has 11 heteroatoms. The molecule has 0 bridgehead atoms. The smallest absolute Gasteiger partial charge is 0.280 e. The van der Waals surface area contributed by atoms with Gasteiger partial charge in [-0.3, -0.25) is 4.79 Å². The second-order valence-corrected chi connectivity index (χ2v) is 8.10. The SMILES string of the molecule is CC1(C)c2nc(-c3ccc(F)c(F)c3)c(Nc3cccc(C(F)F)n3)n2CCN1C(=O)CN. The normalized spacial score (nSPS) is 15.0. The van der Waals surface area contributed by atoms with Crippen LogP contribution in [0.4, 0.5) is 29.2 Å². The Balaban J connectivity index is 1.87. The first kappa shape index (κ1) is 22.7. The molecule has 1 aliphatic heterocycles. The number of rotatable bonds is 5. The van der Waals surface area contributed by atoms with Gasteiger partial charge in [0.15, 0.2) is 11.6 Å². The van der Waals surface area contributed by atoms with Crippen molar-refractivity contribution in [1.82, 2.24) is 19.4 Å². The van der Waals surface area contributed by atoms with Crippen molar-refractivity contribution >= 4 is 17.5 Å². The first-order chi connectivity index (χ1) is 15.6. The maximum Gasteiger partial charge on any atom is 0.280 e. The maximum absolute atomic E-state index is 14.0. The van der Waals surface area contributed by atoms with E-state index in [4.69, 9.17) is 5.73 Å². The minimum Gasteiger partial charge on any atom is -0.327 e. The van der Waals surface area contributed by atoms with Crippen molar-refractivity contribution in [2.24, 2.45) is 5.73 Å². The molecule has 0 aliphatic carbocycles. The molecule has 0 radical (unpaired) electrons. The van der Waals surface area contributed by atoms with Crippen LogP contribution in [0.25, 0.3) is 11.3 Å². The second kappa shape index (κ2) is 8.47. The first-order valence-corrected chi connectivity index (χ1v) is 10.2. The third-order valence-electron chi connectivity index (χ3n) is 5.65. The van der Waals surface area contributed by atoms with E-state index >= 15 is 0 Å². The number of benzene rings is 1. The van der Waals surface area contributed by atoms with Gasteiger partial charge in [-0.05, 0) is 44.2 Å². The van der Waals surface area contributed by atoms with Gasteiger partial charge in [-0.25, -0.2) is 27.5 Å². The van der Waals surface area contributed by atoms with Crippen LogP contribution in [0.1, 0.15) is 31.8 Å². The standard InChI is InChI=1S/C22H22F4N6O/c1-22(2)21-30-18(12-6-7-13(23)14(24)10-12)20(31(21)8-9-32(22)17(33)11-27)29-16-5-3-4-15(28-16)19(25)26/h3-7,10,19H,8-9,11,27H2,1-2H3,(H,28,29). The number of nitrogens with one attached hydrogen (secondary N) is 1. The van der Waals surface area contributed by atoms with Gasteiger partial charge in [0.2, 0.25) is 5.91 Å². The number of pyridine rings is 1. The van der Waals surface area contributed by atoms with Crippen LogP contribution in [0.15, 0.2) is 36.4 Å². The lowest BCUT2D eigenvalue weighted by molar-refractivity contribution is -0.137. The van der Waals surface area contributed by atoms with Crippen molar-refractivity contribution in [2.75, 3.05) is 18.4 Å². The van der Waals surface area contributed by atoms with Crippen LogP contribution in [0.5, 0.6) is 0 Å². The summed E-state index contributed by atoms with van der Waals surface area (Å²) >= 11 is 0. The van der Waals surface area contributed by atoms with Crippen molar-refractivity contribution in [1.29, 1.82) is 0 Å². The lowest BCUT2D eigenvalue weighted by atomic mass is 9.99. The maximum atomic E-state index is 14.0. The van der Waals surface area contributed by atoms with E-state index in [9.17, 15) is 22.4 Å². The van der Waals surface area contributed by atoms with Crippen LogP contribution in [0, 0.1) is 11.6 Å². The van der Waals surface area contributed by atoms with Gasteiger partial charge in [0, 0.05) is 18.7 Å². The molecule has 1 aliphatic rings. The minimum atomic E-state index is -2.76. The Morgan fingerprint density at radius 1 is 1.15 bits per heavy atom. The van der Waals surface area contributed by atoms with Crippen LogP contribution in [0.2, 0.25) is 0 Å². The molecule has 3 N–H and O–H groups in total. The zero-order chi connectivity index (χ0) is 23.9. The quantitative estimate of drug-likeness (QED) is 0.561.